The Balaban J connectivity index is 1.77. The van der Waals surface area contributed by atoms with E-state index in [0.29, 0.717) is 19.6 Å². The van der Waals surface area contributed by atoms with Crippen molar-refractivity contribution in [2.24, 2.45) is 5.41 Å². The summed E-state index contributed by atoms with van der Waals surface area (Å²) < 4.78 is 6.44. The molecule has 1 aliphatic heterocycles. The van der Waals surface area contributed by atoms with Crippen LogP contribution in [0.25, 0.3) is 0 Å². The van der Waals surface area contributed by atoms with Crippen LogP contribution in [0.4, 0.5) is 0 Å². The maximum atomic E-state index is 12.1. The molecule has 0 radical (unpaired) electrons. The molecule has 122 valence electrons. The van der Waals surface area contributed by atoms with Crippen LogP contribution in [0.15, 0.2) is 28.7 Å². The zero-order valence-corrected chi connectivity index (χ0v) is 14.7. The van der Waals surface area contributed by atoms with Crippen LogP contribution in [-0.4, -0.2) is 39.3 Å². The fraction of sp³-hybridized carbons (Fsp3) is 0.588. The number of aryl methyl sites for hydroxylation is 1. The van der Waals surface area contributed by atoms with Crippen molar-refractivity contribution in [2.75, 3.05) is 33.4 Å². The third-order valence-electron chi connectivity index (χ3n) is 4.33. The van der Waals surface area contributed by atoms with E-state index < -0.39 is 0 Å². The number of halogens is 1. The number of carbonyl (C=O) groups is 1. The lowest BCUT2D eigenvalue weighted by Crippen LogP contribution is -2.47. The van der Waals surface area contributed by atoms with Crippen molar-refractivity contribution < 1.29 is 9.53 Å². The van der Waals surface area contributed by atoms with Gasteiger partial charge in [-0.15, -0.1) is 0 Å². The van der Waals surface area contributed by atoms with E-state index in [1.165, 1.54) is 5.56 Å². The summed E-state index contributed by atoms with van der Waals surface area (Å²) in [5.41, 5.74) is 1.28. The van der Waals surface area contributed by atoms with Gasteiger partial charge in [0, 0.05) is 30.0 Å². The summed E-state index contributed by atoms with van der Waals surface area (Å²) in [5, 5.41) is 6.47. The van der Waals surface area contributed by atoms with Crippen LogP contribution in [0.2, 0.25) is 0 Å². The van der Waals surface area contributed by atoms with Crippen molar-refractivity contribution >= 4 is 21.8 Å². The summed E-state index contributed by atoms with van der Waals surface area (Å²) >= 11 is 3.42. The molecule has 0 saturated carbocycles. The highest BCUT2D eigenvalue weighted by Gasteiger charge is 2.32. The number of ether oxygens (including phenoxy) is 1. The van der Waals surface area contributed by atoms with Crippen LogP contribution in [-0.2, 0) is 16.0 Å². The van der Waals surface area contributed by atoms with Gasteiger partial charge in [0.15, 0.2) is 0 Å². The molecule has 0 aliphatic carbocycles. The van der Waals surface area contributed by atoms with E-state index in [0.717, 1.165) is 36.8 Å². The number of hydrogen-bond acceptors (Lipinski definition) is 3. The van der Waals surface area contributed by atoms with Gasteiger partial charge in [-0.25, -0.2) is 0 Å². The molecule has 1 aliphatic rings. The van der Waals surface area contributed by atoms with Gasteiger partial charge in [0.2, 0.25) is 5.91 Å². The lowest BCUT2D eigenvalue weighted by Gasteiger charge is -2.37. The predicted octanol–water partition coefficient (Wildman–Crippen LogP) is 2.51. The zero-order chi connectivity index (χ0) is 15.8. The molecule has 0 spiro atoms. The van der Waals surface area contributed by atoms with Crippen LogP contribution in [0.3, 0.4) is 0 Å². The van der Waals surface area contributed by atoms with Crippen molar-refractivity contribution in [3.63, 3.8) is 0 Å². The Morgan fingerprint density at radius 2 is 2.00 bits per heavy atom. The molecule has 1 aromatic carbocycles. The molecule has 2 rings (SSSR count). The zero-order valence-electron chi connectivity index (χ0n) is 13.2. The van der Waals surface area contributed by atoms with Crippen molar-refractivity contribution in [3.05, 3.63) is 34.3 Å². The number of carbonyl (C=O) groups excluding carboxylic acids is 1. The Bertz CT molecular complexity index is 465. The van der Waals surface area contributed by atoms with E-state index in [1.54, 1.807) is 7.11 Å². The van der Waals surface area contributed by atoms with Gasteiger partial charge in [-0.1, -0.05) is 28.1 Å². The fourth-order valence-electron chi connectivity index (χ4n) is 2.92. The van der Waals surface area contributed by atoms with Crippen molar-refractivity contribution in [2.45, 2.75) is 25.7 Å². The summed E-state index contributed by atoms with van der Waals surface area (Å²) in [4.78, 5) is 12.1. The van der Waals surface area contributed by atoms with E-state index >= 15 is 0 Å². The van der Waals surface area contributed by atoms with Gasteiger partial charge >= 0.3 is 0 Å². The number of methoxy groups -OCH3 is 1. The Morgan fingerprint density at radius 1 is 1.32 bits per heavy atom. The minimum Gasteiger partial charge on any atom is -0.384 e. The van der Waals surface area contributed by atoms with Crippen LogP contribution < -0.4 is 10.6 Å². The smallest absolute Gasteiger partial charge is 0.220 e. The van der Waals surface area contributed by atoms with Crippen LogP contribution in [0.1, 0.15) is 24.8 Å². The second-order valence-electron chi connectivity index (χ2n) is 6.09. The molecular weight excluding hydrogens is 344 g/mol. The quantitative estimate of drug-likeness (QED) is 0.777. The third kappa shape index (κ3) is 5.38. The number of piperidine rings is 1. The molecule has 4 nitrogen and oxygen atoms in total. The maximum Gasteiger partial charge on any atom is 0.220 e. The predicted molar refractivity (Wildman–Crippen MR) is 91.9 cm³/mol. The van der Waals surface area contributed by atoms with Gasteiger partial charge < -0.3 is 15.4 Å². The van der Waals surface area contributed by atoms with Crippen molar-refractivity contribution in [1.82, 2.24) is 10.6 Å². The van der Waals surface area contributed by atoms with E-state index in [9.17, 15) is 4.79 Å². The lowest BCUT2D eigenvalue weighted by atomic mass is 9.79. The first-order chi connectivity index (χ1) is 10.6. The van der Waals surface area contributed by atoms with Gasteiger partial charge in [-0.2, -0.15) is 0 Å². The van der Waals surface area contributed by atoms with E-state index in [1.807, 2.05) is 12.1 Å². The number of benzene rings is 1. The van der Waals surface area contributed by atoms with Crippen molar-refractivity contribution in [1.29, 1.82) is 0 Å². The second-order valence-corrected chi connectivity index (χ2v) is 7.00. The normalized spacial score (nSPS) is 17.2. The maximum absolute atomic E-state index is 12.1. The monoisotopic (exact) mass is 368 g/mol. The van der Waals surface area contributed by atoms with Crippen LogP contribution in [0.5, 0.6) is 0 Å². The Morgan fingerprint density at radius 3 is 2.64 bits per heavy atom. The molecule has 1 aromatic rings. The molecular formula is C17H25BrN2O2. The molecule has 0 atom stereocenters. The van der Waals surface area contributed by atoms with Gasteiger partial charge in [0.25, 0.3) is 0 Å². The molecule has 22 heavy (non-hydrogen) atoms. The first kappa shape index (κ1) is 17.4. The average Bonchev–Trinajstić information content (AvgIpc) is 2.54. The molecule has 1 fully saturated rings. The first-order valence-electron chi connectivity index (χ1n) is 7.84. The molecule has 1 heterocycles. The molecule has 0 aromatic heterocycles. The Labute approximate surface area is 141 Å². The fourth-order valence-corrected chi connectivity index (χ4v) is 3.18. The summed E-state index contributed by atoms with van der Waals surface area (Å²) in [6.45, 7) is 3.42. The van der Waals surface area contributed by atoms with Gasteiger partial charge in [0.05, 0.1) is 6.61 Å². The minimum absolute atomic E-state index is 0.0905. The number of nitrogens with one attached hydrogen (secondary N) is 2. The molecule has 0 unspecified atom stereocenters. The largest absolute Gasteiger partial charge is 0.384 e. The molecule has 5 heteroatoms. The lowest BCUT2D eigenvalue weighted by molar-refractivity contribution is -0.122. The highest BCUT2D eigenvalue weighted by atomic mass is 79.9. The molecule has 1 saturated heterocycles. The summed E-state index contributed by atoms with van der Waals surface area (Å²) in [7, 11) is 1.74. The van der Waals surface area contributed by atoms with Crippen LogP contribution >= 0.6 is 15.9 Å². The summed E-state index contributed by atoms with van der Waals surface area (Å²) in [6, 6.07) is 8.12. The summed E-state index contributed by atoms with van der Waals surface area (Å²) in [5.74, 6) is 0.122. The number of amides is 1. The standard InChI is InChI=1S/C17H25BrN2O2/c1-22-13-17(8-10-19-11-9-17)12-20-16(21)7-4-14-2-5-15(18)6-3-14/h2-3,5-6,19H,4,7-13H2,1H3,(H,20,21). The molecule has 2 N–H and O–H groups in total. The Hall–Kier alpha value is -0.910. The average molecular weight is 369 g/mol. The van der Waals surface area contributed by atoms with Crippen LogP contribution in [0, 0.1) is 5.41 Å². The highest BCUT2D eigenvalue weighted by molar-refractivity contribution is 9.10. The van der Waals surface area contributed by atoms with Gasteiger partial charge in [-0.05, 0) is 50.0 Å². The SMILES string of the molecule is COCC1(CNC(=O)CCc2ccc(Br)cc2)CCNCC1. The number of rotatable bonds is 7. The van der Waals surface area contributed by atoms with E-state index in [4.69, 9.17) is 4.74 Å². The van der Waals surface area contributed by atoms with Crippen molar-refractivity contribution in [3.8, 4) is 0 Å². The van der Waals surface area contributed by atoms with Gasteiger partial charge in [0.1, 0.15) is 0 Å². The Kier molecular flexibility index (Phi) is 6.86. The van der Waals surface area contributed by atoms with E-state index in [-0.39, 0.29) is 11.3 Å². The number of hydrogen-bond donors (Lipinski definition) is 2. The van der Waals surface area contributed by atoms with E-state index in [2.05, 4.69) is 38.7 Å². The first-order valence-corrected chi connectivity index (χ1v) is 8.64. The van der Waals surface area contributed by atoms with Gasteiger partial charge in [-0.3, -0.25) is 4.79 Å². The molecule has 1 amide bonds. The topological polar surface area (TPSA) is 50.4 Å². The summed E-state index contributed by atoms with van der Waals surface area (Å²) in [6.07, 6.45) is 3.41. The second kappa shape index (κ2) is 8.65. The molecule has 0 bridgehead atoms. The minimum atomic E-state index is 0.0905. The third-order valence-corrected chi connectivity index (χ3v) is 4.86. The highest BCUT2D eigenvalue weighted by Crippen LogP contribution is 2.28.